The average Bonchev–Trinajstić information content (AvgIpc) is 2.98. The molecule has 0 saturated carbocycles. The van der Waals surface area contributed by atoms with E-state index in [-0.39, 0.29) is 0 Å². The van der Waals surface area contributed by atoms with E-state index >= 15 is 0 Å². The van der Waals surface area contributed by atoms with Crippen LogP contribution in [0.5, 0.6) is 0 Å². The van der Waals surface area contributed by atoms with Gasteiger partial charge in [-0.2, -0.15) is 0 Å². The zero-order valence-electron chi connectivity index (χ0n) is 9.55. The Kier molecular flexibility index (Phi) is 2.76. The fraction of sp³-hybridized carbons (Fsp3) is 0.0769. The van der Waals surface area contributed by atoms with Crippen LogP contribution in [0, 0.1) is 6.92 Å². The summed E-state index contributed by atoms with van der Waals surface area (Å²) in [5.41, 5.74) is 2.02. The first-order chi connectivity index (χ1) is 8.74. The molecule has 0 aliphatic rings. The number of benzene rings is 1. The molecule has 3 aromatic rings. The van der Waals surface area contributed by atoms with Gasteiger partial charge in [-0.05, 0) is 46.6 Å². The number of aryl methyl sites for hydroxylation is 1. The fourth-order valence-electron chi connectivity index (χ4n) is 1.67. The second-order valence-electron chi connectivity index (χ2n) is 3.83. The van der Waals surface area contributed by atoms with Gasteiger partial charge in [0.2, 0.25) is 5.89 Å². The first kappa shape index (κ1) is 11.2. The Labute approximate surface area is 112 Å². The maximum atomic E-state index is 5.61. The van der Waals surface area contributed by atoms with Crippen LogP contribution in [0.25, 0.3) is 23.1 Å². The molecule has 0 aliphatic heterocycles. The zero-order valence-corrected chi connectivity index (χ0v) is 11.1. The topological polar surface area (TPSA) is 52.1 Å². The summed E-state index contributed by atoms with van der Waals surface area (Å²) in [6.07, 6.45) is 0. The number of halogens is 1. The number of aromatic nitrogens is 2. The molecule has 0 fully saturated rings. The fourth-order valence-corrected chi connectivity index (χ4v) is 1.98. The van der Waals surface area contributed by atoms with Crippen molar-refractivity contribution in [2.45, 2.75) is 6.92 Å². The Hall–Kier alpha value is -1.88. The highest BCUT2D eigenvalue weighted by Gasteiger charge is 2.14. The number of hydrogen-bond donors (Lipinski definition) is 0. The van der Waals surface area contributed by atoms with Crippen LogP contribution in [0.1, 0.15) is 5.56 Å². The molecule has 0 unspecified atom stereocenters. The summed E-state index contributed by atoms with van der Waals surface area (Å²) in [6.45, 7) is 2.00. The van der Waals surface area contributed by atoms with Crippen molar-refractivity contribution in [2.75, 3.05) is 0 Å². The van der Waals surface area contributed by atoms with E-state index in [9.17, 15) is 0 Å². The van der Waals surface area contributed by atoms with Gasteiger partial charge in [0.25, 0.3) is 5.89 Å². The van der Waals surface area contributed by atoms with E-state index in [1.807, 2.05) is 31.2 Å². The molecule has 5 heteroatoms. The molecule has 4 nitrogen and oxygen atoms in total. The van der Waals surface area contributed by atoms with Gasteiger partial charge >= 0.3 is 0 Å². The van der Waals surface area contributed by atoms with Crippen molar-refractivity contribution >= 4 is 15.9 Å². The monoisotopic (exact) mass is 304 g/mol. The molecule has 0 spiro atoms. The van der Waals surface area contributed by atoms with Crippen LogP contribution < -0.4 is 0 Å². The molecular weight excluding hydrogens is 296 g/mol. The van der Waals surface area contributed by atoms with Crippen molar-refractivity contribution in [2.24, 2.45) is 0 Å². The van der Waals surface area contributed by atoms with Gasteiger partial charge in [-0.1, -0.05) is 18.2 Å². The smallest absolute Gasteiger partial charge is 0.283 e. The van der Waals surface area contributed by atoms with Crippen LogP contribution in [-0.4, -0.2) is 10.2 Å². The SMILES string of the molecule is Cc1ccccc1-c1nnc(-c2ccc(Br)o2)o1. The molecule has 0 bridgehead atoms. The lowest BCUT2D eigenvalue weighted by atomic mass is 10.1. The second-order valence-corrected chi connectivity index (χ2v) is 4.61. The Morgan fingerprint density at radius 2 is 1.72 bits per heavy atom. The Morgan fingerprint density at radius 1 is 0.944 bits per heavy atom. The molecule has 0 atom stereocenters. The molecule has 0 radical (unpaired) electrons. The van der Waals surface area contributed by atoms with Crippen molar-refractivity contribution in [3.05, 3.63) is 46.6 Å². The highest BCUT2D eigenvalue weighted by molar-refractivity contribution is 9.10. The summed E-state index contributed by atoms with van der Waals surface area (Å²) in [6, 6.07) is 11.4. The predicted molar refractivity (Wildman–Crippen MR) is 69.9 cm³/mol. The summed E-state index contributed by atoms with van der Waals surface area (Å²) in [7, 11) is 0. The number of furan rings is 1. The third kappa shape index (κ3) is 1.97. The molecular formula is C13H9BrN2O2. The van der Waals surface area contributed by atoms with E-state index in [4.69, 9.17) is 8.83 Å². The third-order valence-corrected chi connectivity index (χ3v) is 3.01. The first-order valence-electron chi connectivity index (χ1n) is 5.39. The van der Waals surface area contributed by atoms with E-state index in [2.05, 4.69) is 26.1 Å². The molecule has 0 amide bonds. The van der Waals surface area contributed by atoms with Crippen LogP contribution in [0.2, 0.25) is 0 Å². The van der Waals surface area contributed by atoms with Crippen molar-refractivity contribution in [3.8, 4) is 23.1 Å². The Bertz CT molecular complexity index is 688. The van der Waals surface area contributed by atoms with Gasteiger partial charge in [0, 0.05) is 5.56 Å². The molecule has 0 saturated heterocycles. The molecule has 0 N–H and O–H groups in total. The predicted octanol–water partition coefficient (Wildman–Crippen LogP) is 4.07. The van der Waals surface area contributed by atoms with Gasteiger partial charge in [-0.15, -0.1) is 10.2 Å². The van der Waals surface area contributed by atoms with Crippen LogP contribution in [0.3, 0.4) is 0 Å². The minimum atomic E-state index is 0.374. The standard InChI is InChI=1S/C13H9BrN2O2/c1-8-4-2-3-5-9(8)12-15-16-13(18-12)10-6-7-11(14)17-10/h2-7H,1H3. The van der Waals surface area contributed by atoms with Crippen LogP contribution in [0.15, 0.2) is 49.9 Å². The molecule has 2 heterocycles. The first-order valence-corrected chi connectivity index (χ1v) is 6.18. The van der Waals surface area contributed by atoms with Gasteiger partial charge < -0.3 is 8.83 Å². The van der Waals surface area contributed by atoms with E-state index < -0.39 is 0 Å². The van der Waals surface area contributed by atoms with E-state index in [1.165, 1.54) is 0 Å². The van der Waals surface area contributed by atoms with Crippen molar-refractivity contribution in [1.82, 2.24) is 10.2 Å². The van der Waals surface area contributed by atoms with Gasteiger partial charge in [0.05, 0.1) is 0 Å². The summed E-state index contributed by atoms with van der Waals surface area (Å²) < 4.78 is 11.6. The third-order valence-electron chi connectivity index (χ3n) is 2.58. The Balaban J connectivity index is 2.02. The maximum Gasteiger partial charge on any atom is 0.283 e. The lowest BCUT2D eigenvalue weighted by Crippen LogP contribution is -1.81. The molecule has 90 valence electrons. The van der Waals surface area contributed by atoms with Crippen molar-refractivity contribution in [1.29, 1.82) is 0 Å². The molecule has 18 heavy (non-hydrogen) atoms. The van der Waals surface area contributed by atoms with Crippen LogP contribution >= 0.6 is 15.9 Å². The lowest BCUT2D eigenvalue weighted by Gasteiger charge is -1.98. The van der Waals surface area contributed by atoms with Gasteiger partial charge in [0.1, 0.15) is 0 Å². The lowest BCUT2D eigenvalue weighted by molar-refractivity contribution is 0.509. The summed E-state index contributed by atoms with van der Waals surface area (Å²) in [5, 5.41) is 8.03. The Morgan fingerprint density at radius 3 is 2.44 bits per heavy atom. The van der Waals surface area contributed by atoms with Gasteiger partial charge in [0.15, 0.2) is 10.4 Å². The summed E-state index contributed by atoms with van der Waals surface area (Å²) in [4.78, 5) is 0. The number of rotatable bonds is 2. The summed E-state index contributed by atoms with van der Waals surface area (Å²) >= 11 is 3.24. The van der Waals surface area contributed by atoms with Crippen molar-refractivity contribution < 1.29 is 8.83 Å². The van der Waals surface area contributed by atoms with E-state index in [0.29, 0.717) is 22.2 Å². The molecule has 3 rings (SSSR count). The van der Waals surface area contributed by atoms with Crippen LogP contribution in [0.4, 0.5) is 0 Å². The molecule has 2 aromatic heterocycles. The van der Waals surface area contributed by atoms with Gasteiger partial charge in [-0.25, -0.2) is 0 Å². The average molecular weight is 305 g/mol. The van der Waals surface area contributed by atoms with E-state index in [1.54, 1.807) is 12.1 Å². The molecule has 1 aromatic carbocycles. The second kappa shape index (κ2) is 4.42. The van der Waals surface area contributed by atoms with Gasteiger partial charge in [-0.3, -0.25) is 0 Å². The summed E-state index contributed by atoms with van der Waals surface area (Å²) in [5.74, 6) is 1.42. The minimum Gasteiger partial charge on any atom is -0.444 e. The maximum absolute atomic E-state index is 5.61. The largest absolute Gasteiger partial charge is 0.444 e. The molecule has 0 aliphatic carbocycles. The van der Waals surface area contributed by atoms with E-state index in [0.717, 1.165) is 11.1 Å². The highest BCUT2D eigenvalue weighted by Crippen LogP contribution is 2.28. The normalized spacial score (nSPS) is 10.8. The number of hydrogen-bond acceptors (Lipinski definition) is 4. The van der Waals surface area contributed by atoms with Crippen LogP contribution in [-0.2, 0) is 0 Å². The minimum absolute atomic E-state index is 0.374. The van der Waals surface area contributed by atoms with Crippen molar-refractivity contribution in [3.63, 3.8) is 0 Å². The quantitative estimate of drug-likeness (QED) is 0.716. The number of nitrogens with zero attached hydrogens (tertiary/aromatic N) is 2. The zero-order chi connectivity index (χ0) is 12.5. The highest BCUT2D eigenvalue weighted by atomic mass is 79.9.